The van der Waals surface area contributed by atoms with E-state index in [1.807, 2.05) is 30.6 Å². The Morgan fingerprint density at radius 3 is 2.89 bits per heavy atom. The van der Waals surface area contributed by atoms with E-state index in [2.05, 4.69) is 26.7 Å². The molecule has 28 heavy (non-hydrogen) atoms. The summed E-state index contributed by atoms with van der Waals surface area (Å²) in [4.78, 5) is 34.5. The van der Waals surface area contributed by atoms with E-state index < -0.39 is 0 Å². The minimum absolute atomic E-state index is 0.168. The number of benzene rings is 1. The predicted molar refractivity (Wildman–Crippen MR) is 107 cm³/mol. The van der Waals surface area contributed by atoms with Gasteiger partial charge in [0.25, 0.3) is 5.91 Å². The van der Waals surface area contributed by atoms with Crippen molar-refractivity contribution in [1.82, 2.24) is 19.4 Å². The molecule has 0 unspecified atom stereocenters. The zero-order chi connectivity index (χ0) is 19.5. The van der Waals surface area contributed by atoms with Gasteiger partial charge in [-0.25, -0.2) is 4.98 Å². The molecule has 1 atom stereocenters. The second-order valence-corrected chi connectivity index (χ2v) is 7.38. The molecule has 0 spiro atoms. The maximum absolute atomic E-state index is 12.9. The predicted octanol–water partition coefficient (Wildman–Crippen LogP) is 2.95. The molecule has 6 nitrogen and oxygen atoms in total. The average molecular weight is 376 g/mol. The third kappa shape index (κ3) is 3.76. The van der Waals surface area contributed by atoms with Crippen LogP contribution in [0.4, 0.5) is 0 Å². The monoisotopic (exact) mass is 376 g/mol. The summed E-state index contributed by atoms with van der Waals surface area (Å²) < 4.78 is 2.16. The second kappa shape index (κ2) is 7.84. The highest BCUT2D eigenvalue weighted by Crippen LogP contribution is 2.27. The lowest BCUT2D eigenvalue weighted by atomic mass is 9.96. The number of hydrogen-bond donors (Lipinski definition) is 1. The Hall–Kier alpha value is -3.15. The number of H-pyrrole nitrogens is 1. The summed E-state index contributed by atoms with van der Waals surface area (Å²) in [5.74, 6) is 0.965. The Morgan fingerprint density at radius 1 is 1.29 bits per heavy atom. The Kier molecular flexibility index (Phi) is 5.10. The Bertz CT molecular complexity index is 1020. The van der Waals surface area contributed by atoms with Gasteiger partial charge >= 0.3 is 0 Å². The minimum Gasteiger partial charge on any atom is -0.364 e. The minimum atomic E-state index is -0.228. The molecular formula is C22H24N4O2. The van der Waals surface area contributed by atoms with Crippen LogP contribution in [0.25, 0.3) is 0 Å². The number of carbonyl (C=O) groups excluding carboxylic acids is 1. The molecule has 0 radical (unpaired) electrons. The number of carbonyl (C=O) groups is 1. The van der Waals surface area contributed by atoms with Crippen molar-refractivity contribution < 1.29 is 4.79 Å². The van der Waals surface area contributed by atoms with E-state index in [4.69, 9.17) is 0 Å². The number of rotatable bonds is 4. The third-order valence-electron chi connectivity index (χ3n) is 5.30. The SMILES string of the molecule is Cc1cc(=O)c(C(=O)N2CCC[C@H](c3nccn3Cc3ccccc3)C2)c[nH]1. The van der Waals surface area contributed by atoms with Crippen molar-refractivity contribution in [2.24, 2.45) is 0 Å². The van der Waals surface area contributed by atoms with Gasteiger partial charge < -0.3 is 14.5 Å². The Balaban J connectivity index is 1.52. The first kappa shape index (κ1) is 18.2. The highest BCUT2D eigenvalue weighted by atomic mass is 16.2. The quantitative estimate of drug-likeness (QED) is 0.761. The van der Waals surface area contributed by atoms with Gasteiger partial charge in [-0.1, -0.05) is 30.3 Å². The summed E-state index contributed by atoms with van der Waals surface area (Å²) in [6.07, 6.45) is 7.23. The number of imidazole rings is 1. The van der Waals surface area contributed by atoms with Gasteiger partial charge in [-0.3, -0.25) is 9.59 Å². The van der Waals surface area contributed by atoms with Crippen molar-refractivity contribution in [3.05, 3.63) is 87.9 Å². The topological polar surface area (TPSA) is 71.0 Å². The van der Waals surface area contributed by atoms with E-state index in [1.165, 1.54) is 17.8 Å². The molecule has 0 aliphatic carbocycles. The number of piperidine rings is 1. The van der Waals surface area contributed by atoms with Crippen LogP contribution in [-0.4, -0.2) is 38.4 Å². The zero-order valence-electron chi connectivity index (χ0n) is 16.0. The first-order valence-electron chi connectivity index (χ1n) is 9.65. The molecule has 1 fully saturated rings. The maximum atomic E-state index is 12.9. The fraction of sp³-hybridized carbons (Fsp3) is 0.318. The van der Waals surface area contributed by atoms with E-state index in [-0.39, 0.29) is 22.8 Å². The summed E-state index contributed by atoms with van der Waals surface area (Å²) in [6.45, 7) is 3.82. The molecule has 1 saturated heterocycles. The van der Waals surface area contributed by atoms with Crippen LogP contribution >= 0.6 is 0 Å². The van der Waals surface area contributed by atoms with Crippen LogP contribution < -0.4 is 5.43 Å². The van der Waals surface area contributed by atoms with Gasteiger partial charge in [-0.15, -0.1) is 0 Å². The highest BCUT2D eigenvalue weighted by molar-refractivity contribution is 5.93. The maximum Gasteiger partial charge on any atom is 0.259 e. The van der Waals surface area contributed by atoms with E-state index in [0.29, 0.717) is 13.1 Å². The number of hydrogen-bond acceptors (Lipinski definition) is 3. The highest BCUT2D eigenvalue weighted by Gasteiger charge is 2.29. The molecule has 0 saturated carbocycles. The fourth-order valence-electron chi connectivity index (χ4n) is 3.88. The standard InChI is InChI=1S/C22H24N4O2/c1-16-12-20(27)19(13-24-16)22(28)26-10-5-8-18(15-26)21-23-9-11-25(21)14-17-6-3-2-4-7-17/h2-4,6-7,9,11-13,18H,5,8,10,14-15H2,1H3,(H,24,27)/t18-/m0/s1. The molecule has 6 heteroatoms. The van der Waals surface area contributed by atoms with Gasteiger partial charge in [0.15, 0.2) is 5.43 Å². The fourth-order valence-corrected chi connectivity index (χ4v) is 3.88. The number of likely N-dealkylation sites (tertiary alicyclic amines) is 1. The van der Waals surface area contributed by atoms with E-state index in [0.717, 1.165) is 30.9 Å². The molecule has 1 aliphatic heterocycles. The second-order valence-electron chi connectivity index (χ2n) is 7.38. The van der Waals surface area contributed by atoms with Crippen LogP contribution in [-0.2, 0) is 6.54 Å². The number of aryl methyl sites for hydroxylation is 1. The van der Waals surface area contributed by atoms with Crippen molar-refractivity contribution >= 4 is 5.91 Å². The van der Waals surface area contributed by atoms with E-state index in [1.54, 1.807) is 11.8 Å². The molecule has 0 bridgehead atoms. The normalized spacial score (nSPS) is 16.9. The third-order valence-corrected chi connectivity index (χ3v) is 5.30. The van der Waals surface area contributed by atoms with Gasteiger partial charge in [-0.2, -0.15) is 0 Å². The van der Waals surface area contributed by atoms with Gasteiger partial charge in [0.1, 0.15) is 11.4 Å². The summed E-state index contributed by atoms with van der Waals surface area (Å²) in [5, 5.41) is 0. The largest absolute Gasteiger partial charge is 0.364 e. The van der Waals surface area contributed by atoms with Crippen molar-refractivity contribution in [2.75, 3.05) is 13.1 Å². The lowest BCUT2D eigenvalue weighted by Gasteiger charge is -2.32. The van der Waals surface area contributed by atoms with Gasteiger partial charge in [0.2, 0.25) is 0 Å². The summed E-state index contributed by atoms with van der Waals surface area (Å²) in [5.41, 5.74) is 1.95. The molecule has 1 N–H and O–H groups in total. The molecule has 2 aromatic heterocycles. The summed E-state index contributed by atoms with van der Waals surface area (Å²) >= 11 is 0. The van der Waals surface area contributed by atoms with Crippen molar-refractivity contribution in [3.63, 3.8) is 0 Å². The number of nitrogens with zero attached hydrogens (tertiary/aromatic N) is 3. The van der Waals surface area contributed by atoms with Gasteiger partial charge in [0, 0.05) is 55.9 Å². The number of aromatic amines is 1. The first-order chi connectivity index (χ1) is 13.6. The molecule has 3 aromatic rings. The number of amides is 1. The van der Waals surface area contributed by atoms with Crippen LogP contribution in [0.1, 0.15) is 46.2 Å². The van der Waals surface area contributed by atoms with Gasteiger partial charge in [-0.05, 0) is 25.3 Å². The Labute approximate surface area is 163 Å². The van der Waals surface area contributed by atoms with Crippen LogP contribution in [0.15, 0.2) is 59.8 Å². The molecule has 1 aliphatic rings. The van der Waals surface area contributed by atoms with Crippen molar-refractivity contribution in [2.45, 2.75) is 32.2 Å². The smallest absolute Gasteiger partial charge is 0.259 e. The number of nitrogens with one attached hydrogen (secondary N) is 1. The average Bonchev–Trinajstić information content (AvgIpc) is 3.16. The molecule has 1 aromatic carbocycles. The molecule has 3 heterocycles. The van der Waals surface area contributed by atoms with Crippen LogP contribution in [0.3, 0.4) is 0 Å². The summed E-state index contributed by atoms with van der Waals surface area (Å²) in [7, 11) is 0. The van der Waals surface area contributed by atoms with Crippen LogP contribution in [0.5, 0.6) is 0 Å². The van der Waals surface area contributed by atoms with E-state index in [9.17, 15) is 9.59 Å². The zero-order valence-corrected chi connectivity index (χ0v) is 16.0. The molecule has 1 amide bonds. The molecule has 144 valence electrons. The first-order valence-corrected chi connectivity index (χ1v) is 9.65. The molecular weight excluding hydrogens is 352 g/mol. The van der Waals surface area contributed by atoms with Crippen molar-refractivity contribution in [1.29, 1.82) is 0 Å². The number of pyridine rings is 1. The van der Waals surface area contributed by atoms with Gasteiger partial charge in [0.05, 0.1) is 0 Å². The lowest BCUT2D eigenvalue weighted by molar-refractivity contribution is 0.0701. The molecule has 4 rings (SSSR count). The van der Waals surface area contributed by atoms with Crippen molar-refractivity contribution in [3.8, 4) is 0 Å². The van der Waals surface area contributed by atoms with E-state index >= 15 is 0 Å². The number of aromatic nitrogens is 3. The van der Waals surface area contributed by atoms with Crippen LogP contribution in [0, 0.1) is 6.92 Å². The Morgan fingerprint density at radius 2 is 2.11 bits per heavy atom. The lowest BCUT2D eigenvalue weighted by Crippen LogP contribution is -2.41. The summed E-state index contributed by atoms with van der Waals surface area (Å²) in [6, 6.07) is 11.8. The van der Waals surface area contributed by atoms with Crippen LogP contribution in [0.2, 0.25) is 0 Å².